The summed E-state index contributed by atoms with van der Waals surface area (Å²) in [6, 6.07) is 4.50. The van der Waals surface area contributed by atoms with Crippen LogP contribution in [0.1, 0.15) is 16.1 Å². The first kappa shape index (κ1) is 13.4. The Bertz CT molecular complexity index is 555. The van der Waals surface area contributed by atoms with E-state index in [9.17, 15) is 9.90 Å². The van der Waals surface area contributed by atoms with E-state index in [1.165, 1.54) is 30.6 Å². The maximum Gasteiger partial charge on any atom is 0.251 e. The lowest BCUT2D eigenvalue weighted by Gasteiger charge is -2.07. The van der Waals surface area contributed by atoms with E-state index in [1.54, 1.807) is 11.6 Å². The highest BCUT2D eigenvalue weighted by molar-refractivity contribution is 7.07. The Morgan fingerprint density at radius 3 is 3.05 bits per heavy atom. The van der Waals surface area contributed by atoms with Crippen LogP contribution in [-0.2, 0) is 6.42 Å². The molecule has 1 amide bonds. The number of amides is 1. The number of nitrogens with zero attached hydrogens (tertiary/aromatic N) is 1. The minimum absolute atomic E-state index is 0.0153. The van der Waals surface area contributed by atoms with Gasteiger partial charge in [0.1, 0.15) is 0 Å². The van der Waals surface area contributed by atoms with Crippen LogP contribution in [-0.4, -0.2) is 29.7 Å². The van der Waals surface area contributed by atoms with Crippen molar-refractivity contribution in [3.8, 4) is 11.5 Å². The molecule has 1 aromatic carbocycles. The van der Waals surface area contributed by atoms with Crippen molar-refractivity contribution in [3.63, 3.8) is 0 Å². The van der Waals surface area contributed by atoms with Crippen LogP contribution < -0.4 is 10.1 Å². The molecule has 100 valence electrons. The summed E-state index contributed by atoms with van der Waals surface area (Å²) in [6.45, 7) is 0.520. The molecule has 0 radical (unpaired) electrons. The number of hydrogen-bond donors (Lipinski definition) is 2. The van der Waals surface area contributed by atoms with Crippen LogP contribution in [0.25, 0.3) is 0 Å². The van der Waals surface area contributed by atoms with Crippen LogP contribution in [0.15, 0.2) is 29.1 Å². The molecule has 0 fully saturated rings. The first-order valence-corrected chi connectivity index (χ1v) is 6.67. The van der Waals surface area contributed by atoms with Crippen molar-refractivity contribution in [1.29, 1.82) is 0 Å². The molecule has 2 N–H and O–H groups in total. The normalized spacial score (nSPS) is 10.2. The van der Waals surface area contributed by atoms with Gasteiger partial charge >= 0.3 is 0 Å². The lowest BCUT2D eigenvalue weighted by atomic mass is 10.2. The third kappa shape index (κ3) is 3.45. The Kier molecular flexibility index (Phi) is 4.35. The molecule has 0 aliphatic carbocycles. The quantitative estimate of drug-likeness (QED) is 0.875. The van der Waals surface area contributed by atoms with Gasteiger partial charge in [-0.2, -0.15) is 0 Å². The summed E-state index contributed by atoms with van der Waals surface area (Å²) < 4.78 is 4.96. The zero-order valence-corrected chi connectivity index (χ0v) is 11.2. The van der Waals surface area contributed by atoms with E-state index >= 15 is 0 Å². The monoisotopic (exact) mass is 278 g/mol. The van der Waals surface area contributed by atoms with Crippen LogP contribution in [0, 0.1) is 0 Å². The molecule has 2 rings (SSSR count). The molecule has 0 bridgehead atoms. The minimum Gasteiger partial charge on any atom is -0.504 e. The molecule has 0 saturated heterocycles. The van der Waals surface area contributed by atoms with E-state index < -0.39 is 0 Å². The zero-order chi connectivity index (χ0) is 13.7. The van der Waals surface area contributed by atoms with E-state index in [0.717, 1.165) is 5.69 Å². The van der Waals surface area contributed by atoms with Gasteiger partial charge in [0.05, 0.1) is 18.3 Å². The van der Waals surface area contributed by atoms with Crippen LogP contribution in [0.5, 0.6) is 11.5 Å². The Hall–Kier alpha value is -2.08. The number of phenols is 1. The summed E-state index contributed by atoms with van der Waals surface area (Å²) >= 11 is 1.53. The van der Waals surface area contributed by atoms with Crippen LogP contribution in [0.3, 0.4) is 0 Å². The lowest BCUT2D eigenvalue weighted by molar-refractivity contribution is 0.0953. The number of methoxy groups -OCH3 is 1. The molecule has 1 aromatic heterocycles. The molecular formula is C13H14N2O3S. The molecule has 0 saturated carbocycles. The number of nitrogens with one attached hydrogen (secondary N) is 1. The molecule has 0 unspecified atom stereocenters. The van der Waals surface area contributed by atoms with E-state index in [4.69, 9.17) is 4.74 Å². The van der Waals surface area contributed by atoms with Gasteiger partial charge in [-0.15, -0.1) is 11.3 Å². The van der Waals surface area contributed by atoms with Crippen molar-refractivity contribution in [2.45, 2.75) is 6.42 Å². The predicted octanol–water partition coefficient (Wildman–Crippen LogP) is 1.83. The van der Waals surface area contributed by atoms with Gasteiger partial charge in [-0.05, 0) is 18.2 Å². The number of carbonyl (C=O) groups excluding carboxylic acids is 1. The van der Waals surface area contributed by atoms with Gasteiger partial charge in [-0.25, -0.2) is 4.98 Å². The third-order valence-electron chi connectivity index (χ3n) is 2.59. The van der Waals surface area contributed by atoms with Crippen molar-refractivity contribution >= 4 is 17.2 Å². The Balaban J connectivity index is 1.92. The summed E-state index contributed by atoms with van der Waals surface area (Å²) in [5.41, 5.74) is 3.18. The highest BCUT2D eigenvalue weighted by Crippen LogP contribution is 2.26. The molecule has 0 spiro atoms. The number of aromatic nitrogens is 1. The van der Waals surface area contributed by atoms with Gasteiger partial charge in [-0.3, -0.25) is 4.79 Å². The number of phenolic OH excluding ortho intramolecular Hbond substituents is 1. The largest absolute Gasteiger partial charge is 0.504 e. The standard InChI is InChI=1S/C13H14N2O3S/c1-18-12-6-9(2-3-11(12)16)13(17)14-5-4-10-7-19-8-15-10/h2-3,6-8,16H,4-5H2,1H3,(H,14,17). The van der Waals surface area contributed by atoms with Crippen LogP contribution in [0.4, 0.5) is 0 Å². The number of benzene rings is 1. The van der Waals surface area contributed by atoms with E-state index in [-0.39, 0.29) is 17.4 Å². The first-order chi connectivity index (χ1) is 9.20. The third-order valence-corrected chi connectivity index (χ3v) is 3.23. The maximum absolute atomic E-state index is 11.9. The fourth-order valence-electron chi connectivity index (χ4n) is 1.59. The van der Waals surface area contributed by atoms with Crippen molar-refractivity contribution < 1.29 is 14.6 Å². The summed E-state index contributed by atoms with van der Waals surface area (Å²) in [5.74, 6) is 0.0993. The zero-order valence-electron chi connectivity index (χ0n) is 10.4. The Labute approximate surface area is 114 Å². The minimum atomic E-state index is -0.200. The molecule has 6 heteroatoms. The summed E-state index contributed by atoms with van der Waals surface area (Å²) in [6.07, 6.45) is 0.699. The number of hydrogen-bond acceptors (Lipinski definition) is 5. The SMILES string of the molecule is COc1cc(C(=O)NCCc2cscn2)ccc1O. The molecular weight excluding hydrogens is 264 g/mol. The van der Waals surface area contributed by atoms with Crippen molar-refractivity contribution in [1.82, 2.24) is 10.3 Å². The highest BCUT2D eigenvalue weighted by atomic mass is 32.1. The van der Waals surface area contributed by atoms with Gasteiger partial charge in [0.15, 0.2) is 11.5 Å². The van der Waals surface area contributed by atoms with Gasteiger partial charge in [-0.1, -0.05) is 0 Å². The van der Waals surface area contributed by atoms with E-state index in [0.29, 0.717) is 18.5 Å². The number of aromatic hydroxyl groups is 1. The number of ether oxygens (including phenoxy) is 1. The van der Waals surface area contributed by atoms with Gasteiger partial charge in [0, 0.05) is 23.9 Å². The fraction of sp³-hybridized carbons (Fsp3) is 0.231. The molecule has 2 aromatic rings. The Morgan fingerprint density at radius 1 is 1.53 bits per heavy atom. The van der Waals surface area contributed by atoms with E-state index in [2.05, 4.69) is 10.3 Å². The Morgan fingerprint density at radius 2 is 2.37 bits per heavy atom. The molecule has 5 nitrogen and oxygen atoms in total. The van der Waals surface area contributed by atoms with Crippen LogP contribution in [0.2, 0.25) is 0 Å². The van der Waals surface area contributed by atoms with Crippen molar-refractivity contribution in [2.75, 3.05) is 13.7 Å². The number of rotatable bonds is 5. The second-order valence-electron chi connectivity index (χ2n) is 3.87. The number of thiazole rings is 1. The lowest BCUT2D eigenvalue weighted by Crippen LogP contribution is -2.25. The highest BCUT2D eigenvalue weighted by Gasteiger charge is 2.09. The smallest absolute Gasteiger partial charge is 0.251 e. The number of carbonyl (C=O) groups is 1. The summed E-state index contributed by atoms with van der Waals surface area (Å²) in [7, 11) is 1.44. The van der Waals surface area contributed by atoms with Gasteiger partial charge < -0.3 is 15.2 Å². The van der Waals surface area contributed by atoms with Crippen LogP contribution >= 0.6 is 11.3 Å². The topological polar surface area (TPSA) is 71.5 Å². The first-order valence-electron chi connectivity index (χ1n) is 5.73. The molecule has 0 atom stereocenters. The van der Waals surface area contributed by atoms with E-state index in [1.807, 2.05) is 5.38 Å². The molecule has 0 aliphatic heterocycles. The second-order valence-corrected chi connectivity index (χ2v) is 4.59. The summed E-state index contributed by atoms with van der Waals surface area (Å²) in [5, 5.41) is 14.2. The predicted molar refractivity (Wildman–Crippen MR) is 72.8 cm³/mol. The van der Waals surface area contributed by atoms with Gasteiger partial charge in [0.25, 0.3) is 5.91 Å². The van der Waals surface area contributed by atoms with Crippen molar-refractivity contribution in [3.05, 3.63) is 40.3 Å². The maximum atomic E-state index is 11.9. The average molecular weight is 278 g/mol. The molecule has 1 heterocycles. The average Bonchev–Trinajstić information content (AvgIpc) is 2.92. The molecule has 0 aliphatic rings. The summed E-state index contributed by atoms with van der Waals surface area (Å²) in [4.78, 5) is 16.0. The fourth-order valence-corrected chi connectivity index (χ4v) is 2.18. The van der Waals surface area contributed by atoms with Gasteiger partial charge in [0.2, 0.25) is 0 Å². The second kappa shape index (κ2) is 6.19. The van der Waals surface area contributed by atoms with Crippen molar-refractivity contribution in [2.24, 2.45) is 0 Å². The molecule has 19 heavy (non-hydrogen) atoms.